The lowest BCUT2D eigenvalue weighted by atomic mass is 10.2. The molecular formula is C15H14N4O2. The fourth-order valence-corrected chi connectivity index (χ4v) is 2.40. The molecule has 0 radical (unpaired) electrons. The number of rotatable bonds is 2. The van der Waals surface area contributed by atoms with Gasteiger partial charge in [0.05, 0.1) is 17.9 Å². The monoisotopic (exact) mass is 286 g/mol. The fraction of sp³-hybridized carbons (Fsp3) is 0.267. The average Bonchev–Trinajstić information content (AvgIpc) is 3.03. The molecule has 6 heteroatoms. The number of hydrogen-bond donors (Lipinski definition) is 2. The summed E-state index contributed by atoms with van der Waals surface area (Å²) in [6.07, 6.45) is -1.40. The van der Waals surface area contributed by atoms with E-state index in [1.54, 1.807) is 6.07 Å². The Morgan fingerprint density at radius 1 is 1.33 bits per heavy atom. The third-order valence-electron chi connectivity index (χ3n) is 3.45. The predicted octanol–water partition coefficient (Wildman–Crippen LogP) is 1.84. The largest absolute Gasteiger partial charge is 0.392 e. The van der Waals surface area contributed by atoms with E-state index in [1.165, 1.54) is 29.4 Å². The molecule has 3 heterocycles. The van der Waals surface area contributed by atoms with Crippen molar-refractivity contribution in [3.05, 3.63) is 41.7 Å². The van der Waals surface area contributed by atoms with Crippen LogP contribution in [0.4, 0.5) is 17.3 Å². The molecule has 4 rings (SSSR count). The molecule has 2 aromatic rings. The summed E-state index contributed by atoms with van der Waals surface area (Å²) in [6, 6.07) is 3.45. The Balaban J connectivity index is 2.00. The summed E-state index contributed by atoms with van der Waals surface area (Å²) in [5, 5.41) is 12.3. The third kappa shape index (κ3) is 1.87. The number of aromatic nitrogens is 2. The van der Waals surface area contributed by atoms with Crippen LogP contribution < -0.4 is 10.2 Å². The maximum Gasteiger partial charge on any atom is 0.259 e. The van der Waals surface area contributed by atoms with Crippen LogP contribution in [0.1, 0.15) is 34.2 Å². The van der Waals surface area contributed by atoms with Gasteiger partial charge in [-0.1, -0.05) is 0 Å². The van der Waals surface area contributed by atoms with Crippen molar-refractivity contribution in [2.24, 2.45) is 0 Å². The second-order valence-corrected chi connectivity index (χ2v) is 4.72. The highest BCUT2D eigenvalue weighted by Gasteiger charge is 2.38. The molecule has 1 aliphatic heterocycles. The van der Waals surface area contributed by atoms with Crippen LogP contribution in [-0.4, -0.2) is 27.0 Å². The molecule has 2 aromatic heterocycles. The average molecular weight is 286 g/mol. The van der Waals surface area contributed by atoms with E-state index in [0.29, 0.717) is 5.56 Å². The number of hydrogen-bond acceptors (Lipinski definition) is 5. The number of fused-ring (bicyclic) bond motifs is 2. The van der Waals surface area contributed by atoms with Gasteiger partial charge in [-0.15, -0.1) is 0 Å². The second-order valence-electron chi connectivity index (χ2n) is 4.72. The number of nitrogens with one attached hydrogen (secondary N) is 1. The molecule has 2 N–H and O–H groups in total. The van der Waals surface area contributed by atoms with Gasteiger partial charge in [0.15, 0.2) is 5.82 Å². The van der Waals surface area contributed by atoms with Gasteiger partial charge in [-0.05, 0) is 30.9 Å². The van der Waals surface area contributed by atoms with Gasteiger partial charge in [0, 0.05) is 29.5 Å². The van der Waals surface area contributed by atoms with Crippen LogP contribution in [0.15, 0.2) is 30.6 Å². The number of pyridine rings is 2. The Bertz CT molecular complexity index is 876. The van der Waals surface area contributed by atoms with Gasteiger partial charge >= 0.3 is 0 Å². The van der Waals surface area contributed by atoms with Crippen LogP contribution in [0.5, 0.6) is 0 Å². The normalized spacial score (nSPS) is 24.4. The Hall–Kier alpha value is -2.47. The van der Waals surface area contributed by atoms with Crippen molar-refractivity contribution in [2.75, 3.05) is 10.2 Å². The van der Waals surface area contributed by atoms with Crippen LogP contribution in [-0.2, 0) is 6.61 Å². The number of amides is 1. The highest BCUT2D eigenvalue weighted by molar-refractivity contribution is 6.11. The zero-order valence-corrected chi connectivity index (χ0v) is 10.9. The summed E-state index contributed by atoms with van der Waals surface area (Å²) >= 11 is 0. The standard InChI is InChI=1S/C15H14N4O2/c20-8-9-5-7-17-14-12(9)18-15(21)11-2-1-6-16-13(11)19(14)10-3-4-10/h1-2,5-7,10,20H,3-4,8H2,(H,18,21)/i3D2,4D2. The van der Waals surface area contributed by atoms with E-state index in [4.69, 9.17) is 5.48 Å². The molecule has 6 nitrogen and oxygen atoms in total. The van der Waals surface area contributed by atoms with Crippen molar-refractivity contribution in [1.82, 2.24) is 9.97 Å². The SMILES string of the molecule is [2H]C1([2H])C(N2c3ncccc3C(=O)Nc3c(CO)ccnc32)C1([2H])[2H]. The van der Waals surface area contributed by atoms with E-state index in [1.807, 2.05) is 0 Å². The second kappa shape index (κ2) is 4.53. The summed E-state index contributed by atoms with van der Waals surface area (Å²) in [5.41, 5.74) is 0.812. The molecule has 0 saturated heterocycles. The first-order valence-corrected chi connectivity index (χ1v) is 6.45. The van der Waals surface area contributed by atoms with Crippen LogP contribution in [0.3, 0.4) is 0 Å². The molecule has 106 valence electrons. The van der Waals surface area contributed by atoms with Crippen molar-refractivity contribution in [3.63, 3.8) is 0 Å². The topological polar surface area (TPSA) is 78.4 Å². The lowest BCUT2D eigenvalue weighted by Crippen LogP contribution is -2.22. The van der Waals surface area contributed by atoms with E-state index in [-0.39, 0.29) is 29.5 Å². The van der Waals surface area contributed by atoms with Gasteiger partial charge in [-0.25, -0.2) is 9.97 Å². The number of aliphatic hydroxyl groups excluding tert-OH is 1. The van der Waals surface area contributed by atoms with E-state index in [9.17, 15) is 9.90 Å². The van der Waals surface area contributed by atoms with Crippen molar-refractivity contribution in [1.29, 1.82) is 0 Å². The van der Waals surface area contributed by atoms with E-state index in [2.05, 4.69) is 15.3 Å². The third-order valence-corrected chi connectivity index (χ3v) is 3.45. The molecule has 0 atom stereocenters. The lowest BCUT2D eigenvalue weighted by Gasteiger charge is -2.23. The van der Waals surface area contributed by atoms with Gasteiger partial charge in [0.1, 0.15) is 5.82 Å². The molecule has 1 saturated carbocycles. The minimum absolute atomic E-state index is 0.136. The van der Waals surface area contributed by atoms with Crippen molar-refractivity contribution in [2.45, 2.75) is 25.4 Å². The first-order chi connectivity index (χ1) is 11.8. The van der Waals surface area contributed by atoms with Crippen molar-refractivity contribution < 1.29 is 15.4 Å². The van der Waals surface area contributed by atoms with Crippen molar-refractivity contribution >= 4 is 23.2 Å². The van der Waals surface area contributed by atoms with Crippen LogP contribution in [0.25, 0.3) is 0 Å². The first-order valence-electron chi connectivity index (χ1n) is 8.45. The molecule has 0 spiro atoms. The molecule has 2 aliphatic rings. The molecule has 1 fully saturated rings. The number of aliphatic hydroxyl groups is 1. The summed E-state index contributed by atoms with van der Waals surface area (Å²) in [6.45, 7) is -0.354. The van der Waals surface area contributed by atoms with Gasteiger partial charge < -0.3 is 15.3 Å². The van der Waals surface area contributed by atoms with E-state index in [0.717, 1.165) is 0 Å². The zero-order valence-electron chi connectivity index (χ0n) is 14.9. The summed E-state index contributed by atoms with van der Waals surface area (Å²) in [5.74, 6) is -0.180. The minimum atomic E-state index is -2.14. The first kappa shape index (κ1) is 8.74. The molecule has 0 bridgehead atoms. The smallest absolute Gasteiger partial charge is 0.259 e. The zero-order chi connectivity index (χ0) is 18.0. The number of carbonyl (C=O) groups is 1. The Labute approximate surface area is 127 Å². The molecule has 0 unspecified atom stereocenters. The number of anilines is 3. The molecule has 1 amide bonds. The molecular weight excluding hydrogens is 268 g/mol. The van der Waals surface area contributed by atoms with Gasteiger partial charge in [-0.3, -0.25) is 4.79 Å². The number of nitrogens with zero attached hydrogens (tertiary/aromatic N) is 3. The van der Waals surface area contributed by atoms with E-state index < -0.39 is 24.7 Å². The number of carbonyl (C=O) groups excluding carboxylic acids is 1. The highest BCUT2D eigenvalue weighted by Crippen LogP contribution is 2.43. The quantitative estimate of drug-likeness (QED) is 0.880. The van der Waals surface area contributed by atoms with Crippen LogP contribution in [0, 0.1) is 0 Å². The van der Waals surface area contributed by atoms with E-state index >= 15 is 0 Å². The summed E-state index contributed by atoms with van der Waals surface area (Å²) in [4.78, 5) is 22.3. The predicted molar refractivity (Wildman–Crippen MR) is 77.5 cm³/mol. The fourth-order valence-electron chi connectivity index (χ4n) is 2.40. The van der Waals surface area contributed by atoms with Crippen LogP contribution in [0.2, 0.25) is 0 Å². The Kier molecular flexibility index (Phi) is 1.88. The maximum atomic E-state index is 12.6. The highest BCUT2D eigenvalue weighted by atomic mass is 16.3. The molecule has 0 aromatic carbocycles. The lowest BCUT2D eigenvalue weighted by molar-refractivity contribution is 0.102. The molecule has 21 heavy (non-hydrogen) atoms. The Morgan fingerprint density at radius 3 is 2.90 bits per heavy atom. The van der Waals surface area contributed by atoms with Crippen LogP contribution >= 0.6 is 0 Å². The van der Waals surface area contributed by atoms with Gasteiger partial charge in [-0.2, -0.15) is 0 Å². The maximum absolute atomic E-state index is 12.6. The Morgan fingerprint density at radius 2 is 2.14 bits per heavy atom. The summed E-state index contributed by atoms with van der Waals surface area (Å²) < 4.78 is 32.0. The van der Waals surface area contributed by atoms with Gasteiger partial charge in [0.25, 0.3) is 5.91 Å². The summed E-state index contributed by atoms with van der Waals surface area (Å²) in [7, 11) is 0. The van der Waals surface area contributed by atoms with Crippen molar-refractivity contribution in [3.8, 4) is 0 Å². The molecule has 1 aliphatic carbocycles. The minimum Gasteiger partial charge on any atom is -0.392 e. The van der Waals surface area contributed by atoms with Gasteiger partial charge in [0.2, 0.25) is 0 Å².